The highest BCUT2D eigenvalue weighted by atomic mass is 35.5. The van der Waals surface area contributed by atoms with Crippen LogP contribution >= 0.6 is 11.6 Å². The van der Waals surface area contributed by atoms with Gasteiger partial charge in [0.1, 0.15) is 24.5 Å². The Bertz CT molecular complexity index is 741. The zero-order chi connectivity index (χ0) is 14.7. The molecule has 0 saturated carbocycles. The molecule has 0 amide bonds. The van der Waals surface area contributed by atoms with Crippen molar-refractivity contribution in [1.82, 2.24) is 19.6 Å². The lowest BCUT2D eigenvalue weighted by Gasteiger charge is -2.10. The number of anilines is 1. The van der Waals surface area contributed by atoms with E-state index >= 15 is 0 Å². The number of halogens is 1. The Morgan fingerprint density at radius 3 is 2.90 bits per heavy atom. The molecule has 0 saturated heterocycles. The quantitative estimate of drug-likeness (QED) is 0.734. The molecule has 0 atom stereocenters. The maximum absolute atomic E-state index is 5.82. The van der Waals surface area contributed by atoms with E-state index in [1.165, 1.54) is 6.33 Å². The maximum Gasteiger partial charge on any atom is 0.254 e. The summed E-state index contributed by atoms with van der Waals surface area (Å²) in [7, 11) is 0. The van der Waals surface area contributed by atoms with Crippen LogP contribution in [-0.2, 0) is 0 Å². The smallest absolute Gasteiger partial charge is 0.254 e. The molecule has 3 rings (SSSR count). The predicted molar refractivity (Wildman–Crippen MR) is 81.0 cm³/mol. The highest BCUT2D eigenvalue weighted by Crippen LogP contribution is 2.15. The Kier molecular flexibility index (Phi) is 3.87. The SMILES string of the molecule is Cc1cc(NCCOc2ccc(Cl)cc2)n2ncnc2n1. The van der Waals surface area contributed by atoms with Gasteiger partial charge in [-0.25, -0.2) is 4.98 Å². The second-order valence-corrected chi connectivity index (χ2v) is 4.92. The lowest BCUT2D eigenvalue weighted by molar-refractivity contribution is 0.332. The first-order valence-electron chi connectivity index (χ1n) is 6.52. The Morgan fingerprint density at radius 1 is 1.29 bits per heavy atom. The van der Waals surface area contributed by atoms with Crippen LogP contribution < -0.4 is 10.1 Å². The van der Waals surface area contributed by atoms with Gasteiger partial charge in [0, 0.05) is 16.8 Å². The van der Waals surface area contributed by atoms with Crippen LogP contribution in [0.5, 0.6) is 5.75 Å². The number of hydrogen-bond donors (Lipinski definition) is 1. The van der Waals surface area contributed by atoms with Crippen LogP contribution in [0.3, 0.4) is 0 Å². The summed E-state index contributed by atoms with van der Waals surface area (Å²) >= 11 is 5.82. The minimum Gasteiger partial charge on any atom is -0.492 e. The van der Waals surface area contributed by atoms with Crippen LogP contribution in [0.15, 0.2) is 36.7 Å². The molecule has 0 unspecified atom stereocenters. The van der Waals surface area contributed by atoms with Gasteiger partial charge in [-0.05, 0) is 31.2 Å². The monoisotopic (exact) mass is 303 g/mol. The molecule has 7 heteroatoms. The minimum absolute atomic E-state index is 0.527. The van der Waals surface area contributed by atoms with E-state index < -0.39 is 0 Å². The van der Waals surface area contributed by atoms with Crippen molar-refractivity contribution in [1.29, 1.82) is 0 Å². The number of hydrogen-bond acceptors (Lipinski definition) is 5. The van der Waals surface area contributed by atoms with E-state index in [1.807, 2.05) is 25.1 Å². The maximum atomic E-state index is 5.82. The first-order chi connectivity index (χ1) is 10.2. The van der Waals surface area contributed by atoms with Crippen molar-refractivity contribution >= 4 is 23.2 Å². The summed E-state index contributed by atoms with van der Waals surface area (Å²) in [6, 6.07) is 9.21. The average Bonchev–Trinajstić information content (AvgIpc) is 2.93. The fourth-order valence-corrected chi connectivity index (χ4v) is 2.06. The van der Waals surface area contributed by atoms with Gasteiger partial charge in [-0.1, -0.05) is 11.6 Å². The summed E-state index contributed by atoms with van der Waals surface area (Å²) in [6.45, 7) is 3.09. The Hall–Kier alpha value is -2.34. The lowest BCUT2D eigenvalue weighted by atomic mass is 10.3. The molecule has 0 spiro atoms. The van der Waals surface area contributed by atoms with Crippen molar-refractivity contribution in [2.24, 2.45) is 0 Å². The number of nitrogens with one attached hydrogen (secondary N) is 1. The van der Waals surface area contributed by atoms with Gasteiger partial charge in [0.25, 0.3) is 5.78 Å². The molecule has 1 N–H and O–H groups in total. The second kappa shape index (κ2) is 5.97. The third-order valence-electron chi connectivity index (χ3n) is 2.87. The van der Waals surface area contributed by atoms with Crippen molar-refractivity contribution in [3.8, 4) is 5.75 Å². The van der Waals surface area contributed by atoms with Gasteiger partial charge < -0.3 is 10.1 Å². The number of nitrogens with zero attached hydrogens (tertiary/aromatic N) is 4. The van der Waals surface area contributed by atoms with Crippen LogP contribution in [0, 0.1) is 6.92 Å². The van der Waals surface area contributed by atoms with Crippen molar-refractivity contribution in [2.45, 2.75) is 6.92 Å². The van der Waals surface area contributed by atoms with E-state index in [0.717, 1.165) is 17.3 Å². The summed E-state index contributed by atoms with van der Waals surface area (Å²) < 4.78 is 7.29. The zero-order valence-electron chi connectivity index (χ0n) is 11.5. The molecule has 0 bridgehead atoms. The highest BCUT2D eigenvalue weighted by molar-refractivity contribution is 6.30. The Labute approximate surface area is 126 Å². The molecule has 21 heavy (non-hydrogen) atoms. The van der Waals surface area contributed by atoms with Crippen molar-refractivity contribution in [3.63, 3.8) is 0 Å². The van der Waals surface area contributed by atoms with Gasteiger partial charge in [0.05, 0.1) is 6.54 Å². The van der Waals surface area contributed by atoms with Crippen molar-refractivity contribution in [2.75, 3.05) is 18.5 Å². The third-order valence-corrected chi connectivity index (χ3v) is 3.12. The van der Waals surface area contributed by atoms with Gasteiger partial charge in [0.15, 0.2) is 0 Å². The zero-order valence-corrected chi connectivity index (χ0v) is 12.2. The van der Waals surface area contributed by atoms with Gasteiger partial charge in [-0.3, -0.25) is 0 Å². The van der Waals surface area contributed by atoms with E-state index in [9.17, 15) is 0 Å². The first kappa shape index (κ1) is 13.6. The van der Waals surface area contributed by atoms with Crippen LogP contribution in [-0.4, -0.2) is 32.7 Å². The molecule has 0 fully saturated rings. The fraction of sp³-hybridized carbons (Fsp3) is 0.214. The molecule has 1 aromatic carbocycles. The summed E-state index contributed by atoms with van der Waals surface area (Å²) in [5.41, 5.74) is 0.886. The number of rotatable bonds is 5. The van der Waals surface area contributed by atoms with Crippen LogP contribution in [0.4, 0.5) is 5.82 Å². The van der Waals surface area contributed by atoms with Gasteiger partial charge >= 0.3 is 0 Å². The van der Waals surface area contributed by atoms with E-state index in [4.69, 9.17) is 16.3 Å². The number of aromatic nitrogens is 4. The third kappa shape index (κ3) is 3.22. The molecule has 6 nitrogen and oxygen atoms in total. The normalized spacial score (nSPS) is 10.8. The molecular weight excluding hydrogens is 290 g/mol. The summed E-state index contributed by atoms with van der Waals surface area (Å²) in [4.78, 5) is 8.37. The van der Waals surface area contributed by atoms with E-state index in [-0.39, 0.29) is 0 Å². The topological polar surface area (TPSA) is 64.3 Å². The Balaban J connectivity index is 1.59. The summed E-state index contributed by atoms with van der Waals surface area (Å²) in [5.74, 6) is 2.21. The number of benzene rings is 1. The number of fused-ring (bicyclic) bond motifs is 1. The molecule has 0 radical (unpaired) electrons. The number of aryl methyl sites for hydroxylation is 1. The Morgan fingerprint density at radius 2 is 2.10 bits per heavy atom. The predicted octanol–water partition coefficient (Wildman–Crippen LogP) is 2.58. The molecule has 0 aliphatic rings. The molecule has 3 aromatic rings. The van der Waals surface area contributed by atoms with Gasteiger partial charge in [-0.2, -0.15) is 14.6 Å². The molecule has 108 valence electrons. The van der Waals surface area contributed by atoms with Crippen molar-refractivity contribution in [3.05, 3.63) is 47.4 Å². The van der Waals surface area contributed by atoms with Crippen molar-refractivity contribution < 1.29 is 4.74 Å². The molecule has 2 heterocycles. The van der Waals surface area contributed by atoms with Crippen LogP contribution in [0.25, 0.3) is 5.78 Å². The molecule has 2 aromatic heterocycles. The number of ether oxygens (including phenoxy) is 1. The first-order valence-corrected chi connectivity index (χ1v) is 6.90. The molecule has 0 aliphatic heterocycles. The minimum atomic E-state index is 0.527. The van der Waals surface area contributed by atoms with Gasteiger partial charge in [-0.15, -0.1) is 0 Å². The second-order valence-electron chi connectivity index (χ2n) is 4.48. The van der Waals surface area contributed by atoms with Crippen LogP contribution in [0.1, 0.15) is 5.69 Å². The lowest BCUT2D eigenvalue weighted by Crippen LogP contribution is -2.14. The molecular formula is C14H14ClN5O. The summed E-state index contributed by atoms with van der Waals surface area (Å²) in [5, 5.41) is 8.09. The average molecular weight is 304 g/mol. The summed E-state index contributed by atoms with van der Waals surface area (Å²) in [6.07, 6.45) is 1.48. The van der Waals surface area contributed by atoms with Crippen LogP contribution in [0.2, 0.25) is 5.02 Å². The fourth-order valence-electron chi connectivity index (χ4n) is 1.94. The van der Waals surface area contributed by atoms with E-state index in [2.05, 4.69) is 20.4 Å². The van der Waals surface area contributed by atoms with E-state index in [1.54, 1.807) is 16.6 Å². The van der Waals surface area contributed by atoms with E-state index in [0.29, 0.717) is 24.0 Å². The largest absolute Gasteiger partial charge is 0.492 e. The van der Waals surface area contributed by atoms with Gasteiger partial charge in [0.2, 0.25) is 0 Å². The molecule has 0 aliphatic carbocycles. The standard InChI is InChI=1S/C14H14ClN5O/c1-10-8-13(20-14(19-10)17-9-18-20)16-6-7-21-12-4-2-11(15)3-5-12/h2-5,8-9,16H,6-7H2,1H3. The highest BCUT2D eigenvalue weighted by Gasteiger charge is 2.04.